The SMILES string of the molecule is O=C(NC1CCCCCC1)[C@@H]1[C@H](C(=O)O)[C@@H]2C=C[C@H]1O2. The molecule has 1 saturated carbocycles. The van der Waals surface area contributed by atoms with Crippen molar-refractivity contribution in [1.82, 2.24) is 5.32 Å². The Hall–Kier alpha value is -1.36. The zero-order valence-corrected chi connectivity index (χ0v) is 11.5. The molecule has 0 aromatic carbocycles. The van der Waals surface area contributed by atoms with Crippen LogP contribution in [0.1, 0.15) is 38.5 Å². The molecule has 4 atom stereocenters. The number of hydrogen-bond donors (Lipinski definition) is 2. The molecular formula is C15H21NO4. The van der Waals surface area contributed by atoms with Crippen LogP contribution in [0.5, 0.6) is 0 Å². The summed E-state index contributed by atoms with van der Waals surface area (Å²) in [6.45, 7) is 0. The van der Waals surface area contributed by atoms with Gasteiger partial charge >= 0.3 is 5.97 Å². The minimum atomic E-state index is -0.942. The second kappa shape index (κ2) is 5.56. The number of rotatable bonds is 3. The third-order valence-electron chi connectivity index (χ3n) is 4.69. The summed E-state index contributed by atoms with van der Waals surface area (Å²) >= 11 is 0. The summed E-state index contributed by atoms with van der Waals surface area (Å²) in [4.78, 5) is 23.8. The Labute approximate surface area is 118 Å². The standard InChI is InChI=1S/C15H21NO4/c17-14(16-9-5-3-1-2-4-6-9)12-10-7-8-11(20-10)13(12)15(18)19/h7-13H,1-6H2,(H,16,17)(H,18,19)/t10-,11+,12+,13-/m1/s1. The monoisotopic (exact) mass is 279 g/mol. The maximum Gasteiger partial charge on any atom is 0.310 e. The summed E-state index contributed by atoms with van der Waals surface area (Å²) in [5.74, 6) is -2.41. The number of aliphatic carboxylic acids is 1. The highest BCUT2D eigenvalue weighted by Gasteiger charge is 2.53. The Morgan fingerprint density at radius 3 is 2.20 bits per heavy atom. The van der Waals surface area contributed by atoms with Gasteiger partial charge in [-0.15, -0.1) is 0 Å². The molecule has 1 aliphatic carbocycles. The molecule has 2 heterocycles. The van der Waals surface area contributed by atoms with Gasteiger partial charge in [0.25, 0.3) is 0 Å². The second-order valence-electron chi connectivity index (χ2n) is 6.04. The molecule has 0 aromatic heterocycles. The Morgan fingerprint density at radius 1 is 1.00 bits per heavy atom. The normalized spacial score (nSPS) is 36.8. The average Bonchev–Trinajstić information content (AvgIpc) is 2.93. The number of amides is 1. The van der Waals surface area contributed by atoms with Crippen molar-refractivity contribution >= 4 is 11.9 Å². The van der Waals surface area contributed by atoms with Crippen LogP contribution < -0.4 is 5.32 Å². The highest BCUT2D eigenvalue weighted by Crippen LogP contribution is 2.39. The van der Waals surface area contributed by atoms with Gasteiger partial charge in [0.05, 0.1) is 18.1 Å². The van der Waals surface area contributed by atoms with Crippen LogP contribution in [-0.4, -0.2) is 35.2 Å². The maximum absolute atomic E-state index is 12.4. The molecular weight excluding hydrogens is 258 g/mol. The van der Waals surface area contributed by atoms with Crippen molar-refractivity contribution in [3.8, 4) is 0 Å². The minimum absolute atomic E-state index is 0.152. The van der Waals surface area contributed by atoms with Crippen molar-refractivity contribution in [1.29, 1.82) is 0 Å². The van der Waals surface area contributed by atoms with Gasteiger partial charge in [-0.25, -0.2) is 0 Å². The van der Waals surface area contributed by atoms with Gasteiger partial charge in [-0.2, -0.15) is 0 Å². The average molecular weight is 279 g/mol. The first kappa shape index (κ1) is 13.6. The predicted octanol–water partition coefficient (Wildman–Crippen LogP) is 1.48. The van der Waals surface area contributed by atoms with Crippen LogP contribution in [0.2, 0.25) is 0 Å². The number of nitrogens with one attached hydrogen (secondary N) is 1. The van der Waals surface area contributed by atoms with Crippen LogP contribution in [0.4, 0.5) is 0 Å². The van der Waals surface area contributed by atoms with Crippen molar-refractivity contribution < 1.29 is 19.4 Å². The van der Waals surface area contributed by atoms with Gasteiger partial charge in [0.15, 0.2) is 0 Å². The molecule has 2 fully saturated rings. The van der Waals surface area contributed by atoms with E-state index < -0.39 is 23.9 Å². The third-order valence-corrected chi connectivity index (χ3v) is 4.69. The Balaban J connectivity index is 1.66. The van der Waals surface area contributed by atoms with Crippen LogP contribution >= 0.6 is 0 Å². The fraction of sp³-hybridized carbons (Fsp3) is 0.733. The van der Waals surface area contributed by atoms with Gasteiger partial charge in [0.1, 0.15) is 5.92 Å². The highest BCUT2D eigenvalue weighted by atomic mass is 16.5. The molecule has 1 amide bonds. The largest absolute Gasteiger partial charge is 0.481 e. The van der Waals surface area contributed by atoms with Crippen molar-refractivity contribution in [2.24, 2.45) is 11.8 Å². The molecule has 3 rings (SSSR count). The smallest absolute Gasteiger partial charge is 0.310 e. The summed E-state index contributed by atoms with van der Waals surface area (Å²) in [6, 6.07) is 0.197. The Kier molecular flexibility index (Phi) is 3.78. The zero-order valence-electron chi connectivity index (χ0n) is 11.5. The topological polar surface area (TPSA) is 75.6 Å². The van der Waals surface area contributed by atoms with Gasteiger partial charge in [-0.05, 0) is 12.8 Å². The molecule has 110 valence electrons. The van der Waals surface area contributed by atoms with Crippen LogP contribution in [0.25, 0.3) is 0 Å². The minimum Gasteiger partial charge on any atom is -0.481 e. The fourth-order valence-corrected chi connectivity index (χ4v) is 3.64. The number of hydrogen-bond acceptors (Lipinski definition) is 3. The molecule has 0 unspecified atom stereocenters. The number of ether oxygens (including phenoxy) is 1. The quantitative estimate of drug-likeness (QED) is 0.606. The number of fused-ring (bicyclic) bond motifs is 2. The molecule has 3 aliphatic rings. The van der Waals surface area contributed by atoms with Gasteiger partial charge in [-0.1, -0.05) is 37.8 Å². The lowest BCUT2D eigenvalue weighted by molar-refractivity contribution is -0.146. The van der Waals surface area contributed by atoms with E-state index in [0.717, 1.165) is 25.7 Å². The van der Waals surface area contributed by atoms with Gasteiger partial charge in [-0.3, -0.25) is 9.59 Å². The molecule has 2 N–H and O–H groups in total. The van der Waals surface area contributed by atoms with E-state index in [-0.39, 0.29) is 18.1 Å². The van der Waals surface area contributed by atoms with Crippen molar-refractivity contribution in [3.63, 3.8) is 0 Å². The van der Waals surface area contributed by atoms with Crippen molar-refractivity contribution in [2.75, 3.05) is 0 Å². The first-order chi connectivity index (χ1) is 9.66. The van der Waals surface area contributed by atoms with Crippen molar-refractivity contribution in [3.05, 3.63) is 12.2 Å². The number of carbonyl (C=O) groups is 2. The Morgan fingerprint density at radius 2 is 1.60 bits per heavy atom. The summed E-state index contributed by atoms with van der Waals surface area (Å²) in [5, 5.41) is 12.4. The lowest BCUT2D eigenvalue weighted by Crippen LogP contribution is -2.46. The molecule has 5 nitrogen and oxygen atoms in total. The van der Waals surface area contributed by atoms with E-state index in [2.05, 4.69) is 5.32 Å². The van der Waals surface area contributed by atoms with E-state index in [1.54, 1.807) is 6.08 Å². The van der Waals surface area contributed by atoms with Crippen LogP contribution in [0.3, 0.4) is 0 Å². The molecule has 5 heteroatoms. The number of carbonyl (C=O) groups excluding carboxylic acids is 1. The van der Waals surface area contributed by atoms with Crippen LogP contribution in [0.15, 0.2) is 12.2 Å². The van der Waals surface area contributed by atoms with Crippen LogP contribution in [-0.2, 0) is 14.3 Å². The second-order valence-corrected chi connectivity index (χ2v) is 6.04. The van der Waals surface area contributed by atoms with E-state index in [9.17, 15) is 14.7 Å². The summed E-state index contributed by atoms with van der Waals surface area (Å²) in [7, 11) is 0. The molecule has 2 aliphatic heterocycles. The maximum atomic E-state index is 12.4. The van der Waals surface area contributed by atoms with Gasteiger partial charge in [0, 0.05) is 6.04 Å². The molecule has 2 bridgehead atoms. The lowest BCUT2D eigenvalue weighted by Gasteiger charge is -2.24. The summed E-state index contributed by atoms with van der Waals surface area (Å²) < 4.78 is 5.54. The highest BCUT2D eigenvalue weighted by molar-refractivity contribution is 5.87. The van der Waals surface area contributed by atoms with Crippen molar-refractivity contribution in [2.45, 2.75) is 56.8 Å². The fourth-order valence-electron chi connectivity index (χ4n) is 3.64. The van der Waals surface area contributed by atoms with E-state index in [0.29, 0.717) is 0 Å². The summed E-state index contributed by atoms with van der Waals surface area (Å²) in [6.07, 6.45) is 9.51. The number of carboxylic acid groups (broad SMARTS) is 1. The third kappa shape index (κ3) is 2.46. The molecule has 0 radical (unpaired) electrons. The van der Waals surface area contributed by atoms with E-state index >= 15 is 0 Å². The zero-order chi connectivity index (χ0) is 14.1. The molecule has 0 spiro atoms. The van der Waals surface area contributed by atoms with Gasteiger partial charge < -0.3 is 15.2 Å². The molecule has 1 saturated heterocycles. The van der Waals surface area contributed by atoms with Crippen LogP contribution in [0, 0.1) is 11.8 Å². The summed E-state index contributed by atoms with van der Waals surface area (Å²) in [5.41, 5.74) is 0. The van der Waals surface area contributed by atoms with E-state index in [1.165, 1.54) is 12.8 Å². The first-order valence-corrected chi connectivity index (χ1v) is 7.54. The van der Waals surface area contributed by atoms with E-state index in [1.807, 2.05) is 6.08 Å². The lowest BCUT2D eigenvalue weighted by atomic mass is 9.82. The predicted molar refractivity (Wildman–Crippen MR) is 72.0 cm³/mol. The Bertz CT molecular complexity index is 426. The molecule has 20 heavy (non-hydrogen) atoms. The number of carboxylic acids is 1. The van der Waals surface area contributed by atoms with E-state index in [4.69, 9.17) is 4.74 Å². The molecule has 0 aromatic rings. The first-order valence-electron chi connectivity index (χ1n) is 7.54. The van der Waals surface area contributed by atoms with Gasteiger partial charge in [0.2, 0.25) is 5.91 Å².